The number of aromatic nitrogens is 1. The molecule has 100 valence electrons. The van der Waals surface area contributed by atoms with Crippen molar-refractivity contribution in [3.63, 3.8) is 0 Å². The second-order valence-electron chi connectivity index (χ2n) is 5.63. The number of benzene rings is 2. The predicted molar refractivity (Wildman–Crippen MR) is 86.0 cm³/mol. The van der Waals surface area contributed by atoms with E-state index < -0.39 is 0 Å². The van der Waals surface area contributed by atoms with E-state index in [9.17, 15) is 0 Å². The zero-order valence-electron chi connectivity index (χ0n) is 12.2. The summed E-state index contributed by atoms with van der Waals surface area (Å²) in [6.45, 7) is 6.57. The van der Waals surface area contributed by atoms with Gasteiger partial charge in [0.1, 0.15) is 0 Å². The lowest BCUT2D eigenvalue weighted by Gasteiger charge is -2.15. The molecule has 1 heteroatoms. The van der Waals surface area contributed by atoms with Crippen LogP contribution in [0.25, 0.3) is 22.0 Å². The summed E-state index contributed by atoms with van der Waals surface area (Å²) in [7, 11) is 0. The summed E-state index contributed by atoms with van der Waals surface area (Å²) < 4.78 is 0. The minimum Gasteiger partial charge on any atom is -0.256 e. The molecule has 0 aliphatic carbocycles. The van der Waals surface area contributed by atoms with E-state index in [-0.39, 0.29) is 0 Å². The monoisotopic (exact) mass is 261 g/mol. The van der Waals surface area contributed by atoms with Crippen LogP contribution in [0.3, 0.4) is 0 Å². The molecule has 0 spiro atoms. The molecule has 0 saturated carbocycles. The molecule has 1 aromatic heterocycles. The molecule has 0 N–H and O–H groups in total. The van der Waals surface area contributed by atoms with E-state index in [1.165, 1.54) is 27.6 Å². The molecule has 0 unspecified atom stereocenters. The van der Waals surface area contributed by atoms with Gasteiger partial charge in [-0.2, -0.15) is 0 Å². The fraction of sp³-hybridized carbons (Fsp3) is 0.211. The van der Waals surface area contributed by atoms with E-state index in [1.54, 1.807) is 0 Å². The molecule has 3 rings (SSSR count). The van der Waals surface area contributed by atoms with Crippen molar-refractivity contribution in [2.45, 2.75) is 26.7 Å². The highest BCUT2D eigenvalue weighted by Crippen LogP contribution is 2.34. The zero-order chi connectivity index (χ0) is 14.1. The summed E-state index contributed by atoms with van der Waals surface area (Å²) in [5.41, 5.74) is 6.27. The van der Waals surface area contributed by atoms with Crippen molar-refractivity contribution in [1.82, 2.24) is 4.98 Å². The first-order valence-electron chi connectivity index (χ1n) is 7.11. The highest BCUT2D eigenvalue weighted by Gasteiger charge is 2.13. The van der Waals surface area contributed by atoms with Gasteiger partial charge in [0, 0.05) is 11.6 Å². The van der Waals surface area contributed by atoms with E-state index in [4.69, 9.17) is 0 Å². The molecular formula is C19H19N. The number of fused-ring (bicyclic) bond motifs is 1. The van der Waals surface area contributed by atoms with Crippen LogP contribution >= 0.6 is 0 Å². The first-order chi connectivity index (χ1) is 9.66. The van der Waals surface area contributed by atoms with Crippen LogP contribution < -0.4 is 0 Å². The summed E-state index contributed by atoms with van der Waals surface area (Å²) in [5, 5.41) is 1.24. The highest BCUT2D eigenvalue weighted by molar-refractivity contribution is 5.96. The molecule has 0 radical (unpaired) electrons. The zero-order valence-corrected chi connectivity index (χ0v) is 12.2. The van der Waals surface area contributed by atoms with Gasteiger partial charge in [-0.3, -0.25) is 4.98 Å². The van der Waals surface area contributed by atoms with Crippen molar-refractivity contribution in [3.8, 4) is 11.1 Å². The lowest BCUT2D eigenvalue weighted by molar-refractivity contribution is 0.864. The predicted octanol–water partition coefficient (Wildman–Crippen LogP) is 5.33. The third kappa shape index (κ3) is 2.20. The molecule has 0 bridgehead atoms. The molecule has 0 atom stereocenters. The van der Waals surface area contributed by atoms with Gasteiger partial charge in [0.2, 0.25) is 0 Å². The Labute approximate surface area is 120 Å². The molecule has 0 fully saturated rings. The standard InChI is InChI=1S/C19H19N/c1-13(2)17-12-20-18-7-5-4-6-16(18)19(17)15-10-8-14(3)9-11-15/h4-13H,1-3H3. The summed E-state index contributed by atoms with van der Waals surface area (Å²) >= 11 is 0. The van der Waals surface area contributed by atoms with Crippen molar-refractivity contribution in [1.29, 1.82) is 0 Å². The van der Waals surface area contributed by atoms with Gasteiger partial charge in [0.25, 0.3) is 0 Å². The molecule has 3 aromatic rings. The molecular weight excluding hydrogens is 242 g/mol. The fourth-order valence-corrected chi connectivity index (χ4v) is 2.64. The van der Waals surface area contributed by atoms with Crippen molar-refractivity contribution < 1.29 is 0 Å². The van der Waals surface area contributed by atoms with E-state index >= 15 is 0 Å². The Hall–Kier alpha value is -2.15. The summed E-state index contributed by atoms with van der Waals surface area (Å²) in [6, 6.07) is 17.2. The number of hydrogen-bond acceptors (Lipinski definition) is 1. The average Bonchev–Trinajstić information content (AvgIpc) is 2.47. The van der Waals surface area contributed by atoms with Gasteiger partial charge in [0.15, 0.2) is 0 Å². The smallest absolute Gasteiger partial charge is 0.0708 e. The third-order valence-electron chi connectivity index (χ3n) is 3.77. The first kappa shape index (κ1) is 12.9. The van der Waals surface area contributed by atoms with E-state index in [0.717, 1.165) is 5.52 Å². The van der Waals surface area contributed by atoms with Crippen LogP contribution in [0.1, 0.15) is 30.9 Å². The molecule has 0 aliphatic rings. The molecule has 1 heterocycles. The van der Waals surface area contributed by atoms with Crippen LogP contribution in [-0.4, -0.2) is 4.98 Å². The topological polar surface area (TPSA) is 12.9 Å². The van der Waals surface area contributed by atoms with Crippen molar-refractivity contribution in [2.24, 2.45) is 0 Å². The number of aryl methyl sites for hydroxylation is 1. The number of rotatable bonds is 2. The van der Waals surface area contributed by atoms with Crippen molar-refractivity contribution in [3.05, 3.63) is 65.9 Å². The maximum Gasteiger partial charge on any atom is 0.0708 e. The number of para-hydroxylation sites is 1. The normalized spacial score (nSPS) is 11.2. The van der Waals surface area contributed by atoms with Crippen molar-refractivity contribution in [2.75, 3.05) is 0 Å². The quantitative estimate of drug-likeness (QED) is 0.607. The largest absolute Gasteiger partial charge is 0.256 e. The van der Waals surface area contributed by atoms with E-state index in [1.807, 2.05) is 12.3 Å². The summed E-state index contributed by atoms with van der Waals surface area (Å²) in [4.78, 5) is 4.61. The number of pyridine rings is 1. The Morgan fingerprint density at radius 1 is 0.900 bits per heavy atom. The Balaban J connectivity index is 2.35. The van der Waals surface area contributed by atoms with Crippen LogP contribution in [0.4, 0.5) is 0 Å². The molecule has 0 aliphatic heterocycles. The van der Waals surface area contributed by atoms with E-state index in [2.05, 4.69) is 68.2 Å². The van der Waals surface area contributed by atoms with Crippen LogP contribution in [0.5, 0.6) is 0 Å². The van der Waals surface area contributed by atoms with Gasteiger partial charge in [-0.05, 0) is 35.6 Å². The minimum atomic E-state index is 0.461. The summed E-state index contributed by atoms with van der Waals surface area (Å²) in [5.74, 6) is 0.461. The minimum absolute atomic E-state index is 0.461. The van der Waals surface area contributed by atoms with Gasteiger partial charge in [0.05, 0.1) is 5.52 Å². The Morgan fingerprint density at radius 2 is 1.60 bits per heavy atom. The molecule has 20 heavy (non-hydrogen) atoms. The van der Waals surface area contributed by atoms with Gasteiger partial charge < -0.3 is 0 Å². The van der Waals surface area contributed by atoms with E-state index in [0.29, 0.717) is 5.92 Å². The average molecular weight is 261 g/mol. The maximum absolute atomic E-state index is 4.61. The second-order valence-corrected chi connectivity index (χ2v) is 5.63. The molecule has 2 aromatic carbocycles. The first-order valence-corrected chi connectivity index (χ1v) is 7.11. The summed E-state index contributed by atoms with van der Waals surface area (Å²) in [6.07, 6.45) is 2.03. The second kappa shape index (κ2) is 5.09. The van der Waals surface area contributed by atoms with Gasteiger partial charge >= 0.3 is 0 Å². The van der Waals surface area contributed by atoms with Crippen LogP contribution in [0.15, 0.2) is 54.7 Å². The Kier molecular flexibility index (Phi) is 3.27. The van der Waals surface area contributed by atoms with Crippen LogP contribution in [0.2, 0.25) is 0 Å². The Bertz CT molecular complexity index is 739. The van der Waals surface area contributed by atoms with Crippen LogP contribution in [-0.2, 0) is 0 Å². The lowest BCUT2D eigenvalue weighted by Crippen LogP contribution is -1.96. The lowest BCUT2D eigenvalue weighted by atomic mass is 9.90. The molecule has 0 saturated heterocycles. The highest BCUT2D eigenvalue weighted by atomic mass is 14.7. The fourth-order valence-electron chi connectivity index (χ4n) is 2.64. The maximum atomic E-state index is 4.61. The van der Waals surface area contributed by atoms with Crippen molar-refractivity contribution >= 4 is 10.9 Å². The SMILES string of the molecule is Cc1ccc(-c2c(C(C)C)cnc3ccccc23)cc1. The molecule has 1 nitrogen and oxygen atoms in total. The van der Waals surface area contributed by atoms with Gasteiger partial charge in [-0.25, -0.2) is 0 Å². The number of nitrogens with zero attached hydrogens (tertiary/aromatic N) is 1. The number of hydrogen-bond donors (Lipinski definition) is 0. The van der Waals surface area contributed by atoms with Crippen LogP contribution in [0, 0.1) is 6.92 Å². The van der Waals surface area contributed by atoms with Gasteiger partial charge in [-0.1, -0.05) is 61.9 Å². The Morgan fingerprint density at radius 3 is 2.30 bits per heavy atom. The van der Waals surface area contributed by atoms with Gasteiger partial charge in [-0.15, -0.1) is 0 Å². The molecule has 0 amide bonds. The third-order valence-corrected chi connectivity index (χ3v) is 3.77.